The fraction of sp³-hybridized carbons (Fsp3) is 0.250. The maximum absolute atomic E-state index is 5.32. The normalized spacial score (nSPS) is 11.2. The van der Waals surface area contributed by atoms with Crippen LogP contribution in [0.2, 0.25) is 0 Å². The second-order valence-corrected chi connectivity index (χ2v) is 4.64. The number of hydrogen-bond donors (Lipinski definition) is 1. The Morgan fingerprint density at radius 1 is 1.11 bits per heavy atom. The summed E-state index contributed by atoms with van der Waals surface area (Å²) >= 11 is 0. The van der Waals surface area contributed by atoms with Gasteiger partial charge in [-0.2, -0.15) is 0 Å². The summed E-state index contributed by atoms with van der Waals surface area (Å²) in [6, 6.07) is 12.5. The van der Waals surface area contributed by atoms with Gasteiger partial charge in [-0.15, -0.1) is 0 Å². The van der Waals surface area contributed by atoms with Gasteiger partial charge in [0.2, 0.25) is 0 Å². The van der Waals surface area contributed by atoms with E-state index in [1.807, 2.05) is 12.1 Å². The van der Waals surface area contributed by atoms with Gasteiger partial charge in [0.1, 0.15) is 5.76 Å². The first kappa shape index (κ1) is 12.1. The lowest BCUT2D eigenvalue weighted by Gasteiger charge is -2.01. The molecule has 3 heteroatoms. The summed E-state index contributed by atoms with van der Waals surface area (Å²) in [6.45, 7) is 4.79. The molecule has 1 aromatic carbocycles. The van der Waals surface area contributed by atoms with Crippen LogP contribution in [0.1, 0.15) is 18.2 Å². The zero-order valence-corrected chi connectivity index (χ0v) is 11.1. The molecule has 3 aromatic rings. The lowest BCUT2D eigenvalue weighted by atomic mass is 10.2. The van der Waals surface area contributed by atoms with Gasteiger partial charge in [-0.25, -0.2) is 0 Å². The first-order valence-electron chi connectivity index (χ1n) is 6.68. The number of nitrogens with one attached hydrogen (secondary N) is 1. The quantitative estimate of drug-likeness (QED) is 0.754. The van der Waals surface area contributed by atoms with Gasteiger partial charge < -0.3 is 14.3 Å². The molecule has 0 aliphatic carbocycles. The molecule has 3 rings (SSSR count). The fourth-order valence-corrected chi connectivity index (χ4v) is 2.46. The molecule has 0 bridgehead atoms. The number of furan rings is 1. The molecule has 0 fully saturated rings. The fourth-order valence-electron chi connectivity index (χ4n) is 2.46. The predicted molar refractivity (Wildman–Crippen MR) is 76.9 cm³/mol. The number of hydrogen-bond acceptors (Lipinski definition) is 2. The minimum atomic E-state index is 0.763. The van der Waals surface area contributed by atoms with Crippen molar-refractivity contribution in [1.29, 1.82) is 0 Å². The summed E-state index contributed by atoms with van der Waals surface area (Å²) in [5.74, 6) is 0.972. The summed E-state index contributed by atoms with van der Waals surface area (Å²) in [4.78, 5) is 0. The van der Waals surface area contributed by atoms with Gasteiger partial charge in [0, 0.05) is 30.2 Å². The number of nitrogens with zero attached hydrogens (tertiary/aromatic N) is 1. The van der Waals surface area contributed by atoms with Crippen molar-refractivity contribution in [3.63, 3.8) is 0 Å². The molecule has 98 valence electrons. The second kappa shape index (κ2) is 5.33. The van der Waals surface area contributed by atoms with E-state index in [0.717, 1.165) is 25.4 Å². The van der Waals surface area contributed by atoms with Gasteiger partial charge in [0.05, 0.1) is 12.8 Å². The largest absolute Gasteiger partial charge is 0.468 e. The van der Waals surface area contributed by atoms with E-state index in [2.05, 4.69) is 47.3 Å². The number of rotatable bonds is 5. The molecular formula is C16H18N2O. The Hall–Kier alpha value is -2.00. The van der Waals surface area contributed by atoms with Crippen LogP contribution in [0.4, 0.5) is 0 Å². The van der Waals surface area contributed by atoms with Crippen LogP contribution in [-0.4, -0.2) is 4.57 Å². The molecule has 0 amide bonds. The number of fused-ring (bicyclic) bond motifs is 1. The third-order valence-electron chi connectivity index (χ3n) is 3.41. The van der Waals surface area contributed by atoms with Crippen molar-refractivity contribution in [2.75, 3.05) is 0 Å². The van der Waals surface area contributed by atoms with Crippen molar-refractivity contribution in [1.82, 2.24) is 9.88 Å². The molecule has 0 saturated heterocycles. The molecule has 0 radical (unpaired) electrons. The Kier molecular flexibility index (Phi) is 3.38. The van der Waals surface area contributed by atoms with Crippen molar-refractivity contribution in [2.45, 2.75) is 26.6 Å². The van der Waals surface area contributed by atoms with Crippen LogP contribution >= 0.6 is 0 Å². The predicted octanol–water partition coefficient (Wildman–Crippen LogP) is 3.54. The van der Waals surface area contributed by atoms with Gasteiger partial charge in [-0.3, -0.25) is 0 Å². The summed E-state index contributed by atoms with van der Waals surface area (Å²) < 4.78 is 7.61. The molecule has 0 spiro atoms. The van der Waals surface area contributed by atoms with Crippen LogP contribution in [0, 0.1) is 0 Å². The zero-order valence-electron chi connectivity index (χ0n) is 11.1. The van der Waals surface area contributed by atoms with Crippen molar-refractivity contribution in [3.05, 3.63) is 60.2 Å². The van der Waals surface area contributed by atoms with E-state index in [0.29, 0.717) is 0 Å². The number of aryl methyl sites for hydroxylation is 1. The van der Waals surface area contributed by atoms with E-state index >= 15 is 0 Å². The average Bonchev–Trinajstić information content (AvgIpc) is 3.07. The Morgan fingerprint density at radius 3 is 2.79 bits per heavy atom. The number of benzene rings is 1. The van der Waals surface area contributed by atoms with E-state index in [9.17, 15) is 0 Å². The molecule has 3 nitrogen and oxygen atoms in total. The Balaban J connectivity index is 1.77. The average molecular weight is 254 g/mol. The van der Waals surface area contributed by atoms with Crippen molar-refractivity contribution < 1.29 is 4.42 Å². The smallest absolute Gasteiger partial charge is 0.117 e. The highest BCUT2D eigenvalue weighted by Crippen LogP contribution is 2.21. The molecule has 1 N–H and O–H groups in total. The maximum Gasteiger partial charge on any atom is 0.117 e. The summed E-state index contributed by atoms with van der Waals surface area (Å²) in [7, 11) is 0. The highest BCUT2D eigenvalue weighted by Gasteiger charge is 2.06. The van der Waals surface area contributed by atoms with E-state index < -0.39 is 0 Å². The zero-order chi connectivity index (χ0) is 13.1. The number of aromatic nitrogens is 1. The van der Waals surface area contributed by atoms with Crippen molar-refractivity contribution >= 4 is 10.9 Å². The van der Waals surface area contributed by atoms with Crippen LogP contribution in [0.25, 0.3) is 10.9 Å². The van der Waals surface area contributed by atoms with Crippen molar-refractivity contribution in [2.24, 2.45) is 0 Å². The molecule has 0 unspecified atom stereocenters. The molecule has 0 aliphatic rings. The summed E-state index contributed by atoms with van der Waals surface area (Å²) in [5, 5.41) is 4.76. The van der Waals surface area contributed by atoms with Crippen LogP contribution in [-0.2, 0) is 19.6 Å². The first-order valence-corrected chi connectivity index (χ1v) is 6.68. The van der Waals surface area contributed by atoms with E-state index in [1.54, 1.807) is 6.26 Å². The SMILES string of the molecule is CCn1cc(CNCc2ccco2)c2ccccc21. The van der Waals surface area contributed by atoms with E-state index in [1.165, 1.54) is 16.5 Å². The second-order valence-electron chi connectivity index (χ2n) is 4.64. The third-order valence-corrected chi connectivity index (χ3v) is 3.41. The lowest BCUT2D eigenvalue weighted by molar-refractivity contribution is 0.483. The van der Waals surface area contributed by atoms with Crippen LogP contribution in [0.15, 0.2) is 53.3 Å². The Morgan fingerprint density at radius 2 is 2.00 bits per heavy atom. The Bertz CT molecular complexity index is 653. The highest BCUT2D eigenvalue weighted by molar-refractivity contribution is 5.83. The highest BCUT2D eigenvalue weighted by atomic mass is 16.3. The molecule has 2 heterocycles. The standard InChI is InChI=1S/C16H18N2O/c1-2-18-12-13(15-7-3-4-8-16(15)18)10-17-11-14-6-5-9-19-14/h3-9,12,17H,2,10-11H2,1H3. The third kappa shape index (κ3) is 2.42. The van der Waals surface area contributed by atoms with Gasteiger partial charge in [0.25, 0.3) is 0 Å². The molecule has 2 aromatic heterocycles. The monoisotopic (exact) mass is 254 g/mol. The van der Waals surface area contributed by atoms with Gasteiger partial charge in [0.15, 0.2) is 0 Å². The summed E-state index contributed by atoms with van der Waals surface area (Å²) in [5.41, 5.74) is 2.64. The van der Waals surface area contributed by atoms with Gasteiger partial charge in [-0.05, 0) is 30.7 Å². The maximum atomic E-state index is 5.32. The van der Waals surface area contributed by atoms with Crippen LogP contribution < -0.4 is 5.32 Å². The topological polar surface area (TPSA) is 30.1 Å². The Labute approximate surface area is 112 Å². The van der Waals surface area contributed by atoms with Gasteiger partial charge >= 0.3 is 0 Å². The lowest BCUT2D eigenvalue weighted by Crippen LogP contribution is -2.11. The van der Waals surface area contributed by atoms with E-state index in [-0.39, 0.29) is 0 Å². The number of para-hydroxylation sites is 1. The molecular weight excluding hydrogens is 236 g/mol. The first-order chi connectivity index (χ1) is 9.38. The van der Waals surface area contributed by atoms with Crippen LogP contribution in [0.3, 0.4) is 0 Å². The minimum absolute atomic E-state index is 0.763. The summed E-state index contributed by atoms with van der Waals surface area (Å²) in [6.07, 6.45) is 3.94. The molecule has 0 atom stereocenters. The van der Waals surface area contributed by atoms with E-state index in [4.69, 9.17) is 4.42 Å². The van der Waals surface area contributed by atoms with Gasteiger partial charge in [-0.1, -0.05) is 18.2 Å². The minimum Gasteiger partial charge on any atom is -0.468 e. The molecule has 0 saturated carbocycles. The van der Waals surface area contributed by atoms with Crippen molar-refractivity contribution in [3.8, 4) is 0 Å². The van der Waals surface area contributed by atoms with Crippen LogP contribution in [0.5, 0.6) is 0 Å². The molecule has 0 aliphatic heterocycles. The molecule has 19 heavy (non-hydrogen) atoms.